The molecule has 1 heterocycles. The van der Waals surface area contributed by atoms with E-state index in [0.29, 0.717) is 0 Å². The lowest BCUT2D eigenvalue weighted by Gasteiger charge is -2.25. The molecule has 18 heavy (non-hydrogen) atoms. The summed E-state index contributed by atoms with van der Waals surface area (Å²) in [5.74, 6) is 1.03. The van der Waals surface area contributed by atoms with Gasteiger partial charge in [-0.1, -0.05) is 26.7 Å². The van der Waals surface area contributed by atoms with E-state index < -0.39 is 0 Å². The van der Waals surface area contributed by atoms with Crippen LogP contribution >= 0.6 is 15.9 Å². The van der Waals surface area contributed by atoms with Gasteiger partial charge < -0.3 is 10.6 Å². The lowest BCUT2D eigenvalue weighted by Crippen LogP contribution is -2.27. The highest BCUT2D eigenvalue weighted by Crippen LogP contribution is 2.30. The summed E-state index contributed by atoms with van der Waals surface area (Å²) in [7, 11) is 0. The maximum Gasteiger partial charge on any atom is 0.143 e. The Labute approximate surface area is 119 Å². The highest BCUT2D eigenvalue weighted by molar-refractivity contribution is 9.10. The summed E-state index contributed by atoms with van der Waals surface area (Å²) in [6.07, 6.45) is 6.56. The minimum atomic E-state index is 0.747. The summed E-state index contributed by atoms with van der Waals surface area (Å²) >= 11 is 3.63. The SMILES string of the molecule is CCCCN(CCCC)c1ncc(N)c(C)c1Br. The molecule has 0 bridgehead atoms. The molecule has 0 aliphatic heterocycles. The first-order valence-electron chi connectivity index (χ1n) is 6.77. The van der Waals surface area contributed by atoms with Crippen LogP contribution in [0, 0.1) is 6.92 Å². The molecule has 1 rings (SSSR count). The normalized spacial score (nSPS) is 10.7. The van der Waals surface area contributed by atoms with Gasteiger partial charge in [0, 0.05) is 13.1 Å². The Bertz CT molecular complexity index is 372. The van der Waals surface area contributed by atoms with E-state index in [-0.39, 0.29) is 0 Å². The zero-order chi connectivity index (χ0) is 13.5. The number of pyridine rings is 1. The smallest absolute Gasteiger partial charge is 0.143 e. The number of nitrogen functional groups attached to an aromatic ring is 1. The molecule has 102 valence electrons. The molecule has 0 saturated carbocycles. The molecule has 0 radical (unpaired) electrons. The summed E-state index contributed by atoms with van der Waals surface area (Å²) < 4.78 is 1.04. The van der Waals surface area contributed by atoms with Crippen LogP contribution in [0.3, 0.4) is 0 Å². The van der Waals surface area contributed by atoms with Gasteiger partial charge in [0.05, 0.1) is 16.4 Å². The minimum Gasteiger partial charge on any atom is -0.397 e. The molecular weight excluding hydrogens is 290 g/mol. The van der Waals surface area contributed by atoms with Crippen molar-refractivity contribution in [1.82, 2.24) is 4.98 Å². The maximum atomic E-state index is 5.88. The van der Waals surface area contributed by atoms with E-state index in [1.165, 1.54) is 25.7 Å². The molecule has 0 aliphatic carbocycles. The molecule has 4 heteroatoms. The molecule has 0 spiro atoms. The van der Waals surface area contributed by atoms with Crippen LogP contribution in [0.1, 0.15) is 45.1 Å². The Hall–Kier alpha value is -0.770. The number of nitrogens with two attached hydrogens (primary N) is 1. The molecule has 2 N–H and O–H groups in total. The average Bonchev–Trinajstić information content (AvgIpc) is 2.37. The van der Waals surface area contributed by atoms with Crippen LogP contribution in [-0.4, -0.2) is 18.1 Å². The Kier molecular flexibility index (Phi) is 6.47. The van der Waals surface area contributed by atoms with Crippen LogP contribution in [-0.2, 0) is 0 Å². The molecule has 0 atom stereocenters. The van der Waals surface area contributed by atoms with Crippen molar-refractivity contribution in [1.29, 1.82) is 0 Å². The number of hydrogen-bond acceptors (Lipinski definition) is 3. The first-order valence-corrected chi connectivity index (χ1v) is 7.56. The van der Waals surface area contributed by atoms with Crippen molar-refractivity contribution in [2.24, 2.45) is 0 Å². The molecular formula is C14H24BrN3. The Morgan fingerprint density at radius 1 is 1.22 bits per heavy atom. The van der Waals surface area contributed by atoms with Gasteiger partial charge in [-0.15, -0.1) is 0 Å². The van der Waals surface area contributed by atoms with E-state index in [1.807, 2.05) is 6.92 Å². The van der Waals surface area contributed by atoms with Gasteiger partial charge in [-0.3, -0.25) is 0 Å². The van der Waals surface area contributed by atoms with Gasteiger partial charge in [-0.25, -0.2) is 4.98 Å². The van der Waals surface area contributed by atoms with Gasteiger partial charge in [0.25, 0.3) is 0 Å². The van der Waals surface area contributed by atoms with E-state index in [0.717, 1.165) is 34.6 Å². The summed E-state index contributed by atoms with van der Waals surface area (Å²) in [6, 6.07) is 0. The molecule has 1 aromatic heterocycles. The lowest BCUT2D eigenvalue weighted by atomic mass is 10.2. The van der Waals surface area contributed by atoms with Crippen molar-refractivity contribution in [2.45, 2.75) is 46.5 Å². The fraction of sp³-hybridized carbons (Fsp3) is 0.643. The predicted octanol–water partition coefficient (Wildman–Crippen LogP) is 4.14. The Morgan fingerprint density at radius 2 is 1.78 bits per heavy atom. The Morgan fingerprint density at radius 3 is 2.28 bits per heavy atom. The third-order valence-electron chi connectivity index (χ3n) is 3.15. The average molecular weight is 314 g/mol. The van der Waals surface area contributed by atoms with Crippen molar-refractivity contribution in [3.8, 4) is 0 Å². The van der Waals surface area contributed by atoms with E-state index in [2.05, 4.69) is 39.7 Å². The van der Waals surface area contributed by atoms with Crippen LogP contribution in [0.2, 0.25) is 0 Å². The summed E-state index contributed by atoms with van der Waals surface area (Å²) in [6.45, 7) is 8.59. The van der Waals surface area contributed by atoms with E-state index in [1.54, 1.807) is 6.20 Å². The number of unbranched alkanes of at least 4 members (excludes halogenated alkanes) is 2. The zero-order valence-electron chi connectivity index (χ0n) is 11.7. The summed E-state index contributed by atoms with van der Waals surface area (Å²) in [5, 5.41) is 0. The number of anilines is 2. The van der Waals surface area contributed by atoms with Gasteiger partial charge in [0.2, 0.25) is 0 Å². The second-order valence-electron chi connectivity index (χ2n) is 4.67. The van der Waals surface area contributed by atoms with Crippen LogP contribution in [0.4, 0.5) is 11.5 Å². The lowest BCUT2D eigenvalue weighted by molar-refractivity contribution is 0.670. The second kappa shape index (κ2) is 7.62. The molecule has 0 aromatic carbocycles. The third kappa shape index (κ3) is 3.87. The molecule has 0 fully saturated rings. The first kappa shape index (κ1) is 15.3. The van der Waals surface area contributed by atoms with Gasteiger partial charge in [-0.2, -0.15) is 0 Å². The van der Waals surface area contributed by atoms with Gasteiger partial charge >= 0.3 is 0 Å². The van der Waals surface area contributed by atoms with Crippen LogP contribution < -0.4 is 10.6 Å². The Balaban J connectivity index is 2.93. The molecule has 0 amide bonds. The second-order valence-corrected chi connectivity index (χ2v) is 5.46. The number of hydrogen-bond donors (Lipinski definition) is 1. The van der Waals surface area contributed by atoms with E-state index in [9.17, 15) is 0 Å². The van der Waals surface area contributed by atoms with Crippen molar-refractivity contribution in [3.63, 3.8) is 0 Å². The van der Waals surface area contributed by atoms with Crippen LogP contribution in [0.15, 0.2) is 10.7 Å². The van der Waals surface area contributed by atoms with Crippen molar-refractivity contribution >= 4 is 27.4 Å². The van der Waals surface area contributed by atoms with E-state index in [4.69, 9.17) is 5.73 Å². The highest BCUT2D eigenvalue weighted by atomic mass is 79.9. The largest absolute Gasteiger partial charge is 0.397 e. The predicted molar refractivity (Wildman–Crippen MR) is 83.1 cm³/mol. The van der Waals surface area contributed by atoms with Crippen molar-refractivity contribution in [3.05, 3.63) is 16.2 Å². The summed E-state index contributed by atoms with van der Waals surface area (Å²) in [4.78, 5) is 6.86. The van der Waals surface area contributed by atoms with Crippen LogP contribution in [0.25, 0.3) is 0 Å². The van der Waals surface area contributed by atoms with Crippen molar-refractivity contribution < 1.29 is 0 Å². The van der Waals surface area contributed by atoms with Gasteiger partial charge in [0.15, 0.2) is 0 Å². The highest BCUT2D eigenvalue weighted by Gasteiger charge is 2.14. The van der Waals surface area contributed by atoms with Crippen LogP contribution in [0.5, 0.6) is 0 Å². The first-order chi connectivity index (χ1) is 8.61. The zero-order valence-corrected chi connectivity index (χ0v) is 13.3. The molecule has 0 aliphatic rings. The monoisotopic (exact) mass is 313 g/mol. The fourth-order valence-corrected chi connectivity index (χ4v) is 2.40. The third-order valence-corrected chi connectivity index (χ3v) is 4.10. The number of aromatic nitrogens is 1. The number of halogens is 1. The molecule has 3 nitrogen and oxygen atoms in total. The van der Waals surface area contributed by atoms with Gasteiger partial charge in [0.1, 0.15) is 5.82 Å². The quantitative estimate of drug-likeness (QED) is 0.822. The van der Waals surface area contributed by atoms with Crippen molar-refractivity contribution in [2.75, 3.05) is 23.7 Å². The summed E-state index contributed by atoms with van der Waals surface area (Å²) in [5.41, 5.74) is 7.71. The fourth-order valence-electron chi connectivity index (χ4n) is 1.82. The molecule has 0 unspecified atom stereocenters. The standard InChI is InChI=1S/C14H24BrN3/c1-4-6-8-18(9-7-5-2)14-13(15)11(3)12(16)10-17-14/h10H,4-9,16H2,1-3H3. The molecule has 0 saturated heterocycles. The number of rotatable bonds is 7. The number of nitrogens with zero attached hydrogens (tertiary/aromatic N) is 2. The van der Waals surface area contributed by atoms with E-state index >= 15 is 0 Å². The van der Waals surface area contributed by atoms with Gasteiger partial charge in [-0.05, 0) is 41.3 Å². The minimum absolute atomic E-state index is 0.747. The topological polar surface area (TPSA) is 42.2 Å². The maximum absolute atomic E-state index is 5.88. The molecule has 1 aromatic rings.